The van der Waals surface area contributed by atoms with E-state index < -0.39 is 64.4 Å². The van der Waals surface area contributed by atoms with E-state index in [1.165, 1.54) is 44.9 Å². The van der Waals surface area contributed by atoms with Crippen LogP contribution >= 0.6 is 7.82 Å². The molecule has 0 saturated heterocycles. The highest BCUT2D eigenvalue weighted by Gasteiger charge is 2.28. The summed E-state index contributed by atoms with van der Waals surface area (Å²) in [6, 6.07) is 0. The lowest BCUT2D eigenvalue weighted by molar-refractivity contribution is -0.161. The topological polar surface area (TPSA) is 155 Å². The van der Waals surface area contributed by atoms with Crippen LogP contribution in [-0.4, -0.2) is 66.5 Å². The van der Waals surface area contributed by atoms with Crippen LogP contribution in [0.25, 0.3) is 0 Å². The number of hydrogen-bond acceptors (Lipinski definition) is 10. The van der Waals surface area contributed by atoms with Crippen LogP contribution in [0, 0.1) is 0 Å². The summed E-state index contributed by atoms with van der Waals surface area (Å²) >= 11 is 0. The van der Waals surface area contributed by atoms with Gasteiger partial charge in [-0.05, 0) is 96.3 Å². The zero-order valence-electron chi connectivity index (χ0n) is 44.8. The van der Waals surface area contributed by atoms with Crippen molar-refractivity contribution in [1.82, 2.24) is 0 Å². The minimum Gasteiger partial charge on any atom is -0.462 e. The first-order valence-corrected chi connectivity index (χ1v) is 28.9. The molecule has 11 nitrogen and oxygen atoms in total. The van der Waals surface area contributed by atoms with E-state index in [9.17, 15) is 28.9 Å². The van der Waals surface area contributed by atoms with Crippen molar-refractivity contribution < 1.29 is 52.2 Å². The van der Waals surface area contributed by atoms with Crippen LogP contribution in [0.1, 0.15) is 201 Å². The molecule has 0 aromatic carbocycles. The Hall–Kier alpha value is -4.12. The number of aliphatic hydroxyl groups excluding tert-OH is 1. The first-order chi connectivity index (χ1) is 35.2. The number of rotatable bonds is 49. The Morgan fingerprint density at radius 1 is 0.403 bits per heavy atom. The number of phosphoric acid groups is 1. The lowest BCUT2D eigenvalue weighted by Gasteiger charge is -2.21. The van der Waals surface area contributed by atoms with Crippen LogP contribution in [0.2, 0.25) is 0 Å². The number of unbranched alkanes of at least 4 members (excludes halogenated alkanes) is 12. The third-order valence-corrected chi connectivity index (χ3v) is 11.8. The molecule has 0 spiro atoms. The maximum atomic E-state index is 12.9. The highest BCUT2D eigenvalue weighted by Crippen LogP contribution is 2.43. The number of allylic oxidation sites excluding steroid dienone is 20. The van der Waals surface area contributed by atoms with E-state index in [2.05, 4.69) is 124 Å². The first kappa shape index (κ1) is 67.9. The largest absolute Gasteiger partial charge is 0.472 e. The molecule has 0 bridgehead atoms. The summed E-state index contributed by atoms with van der Waals surface area (Å²) in [6.45, 7) is 4.25. The van der Waals surface area contributed by atoms with Crippen molar-refractivity contribution in [3.8, 4) is 0 Å². The van der Waals surface area contributed by atoms with Gasteiger partial charge in [-0.25, -0.2) is 4.57 Å². The van der Waals surface area contributed by atoms with Gasteiger partial charge in [0.1, 0.15) is 12.7 Å². The van der Waals surface area contributed by atoms with Crippen molar-refractivity contribution in [2.45, 2.75) is 213 Å². The van der Waals surface area contributed by atoms with Crippen molar-refractivity contribution >= 4 is 25.7 Å². The summed E-state index contributed by atoms with van der Waals surface area (Å²) in [5.74, 6) is -1.62. The van der Waals surface area contributed by atoms with E-state index in [0.717, 1.165) is 83.5 Å². The van der Waals surface area contributed by atoms with Crippen molar-refractivity contribution in [2.75, 3.05) is 26.4 Å². The second-order valence-electron chi connectivity index (χ2n) is 17.6. The molecule has 3 atom stereocenters. The van der Waals surface area contributed by atoms with Crippen LogP contribution in [-0.2, 0) is 42.2 Å². The summed E-state index contributed by atoms with van der Waals surface area (Å²) < 4.78 is 39.3. The van der Waals surface area contributed by atoms with Gasteiger partial charge in [0.2, 0.25) is 0 Å². The average molecular weight is 1030 g/mol. The Labute approximate surface area is 437 Å². The summed E-state index contributed by atoms with van der Waals surface area (Å²) in [6.07, 6.45) is 64.7. The molecule has 0 aliphatic rings. The van der Waals surface area contributed by atoms with Gasteiger partial charge in [-0.2, -0.15) is 0 Å². The van der Waals surface area contributed by atoms with Gasteiger partial charge in [0.15, 0.2) is 6.10 Å². The van der Waals surface area contributed by atoms with Crippen molar-refractivity contribution in [3.63, 3.8) is 0 Å². The van der Waals surface area contributed by atoms with Gasteiger partial charge in [0.25, 0.3) is 0 Å². The number of carbonyl (C=O) groups is 3. The highest BCUT2D eigenvalue weighted by molar-refractivity contribution is 7.47. The minimum atomic E-state index is -4.78. The Morgan fingerprint density at radius 2 is 0.722 bits per heavy atom. The average Bonchev–Trinajstić information content (AvgIpc) is 3.37. The summed E-state index contributed by atoms with van der Waals surface area (Å²) in [7, 11) is -4.78. The van der Waals surface area contributed by atoms with E-state index in [1.54, 1.807) is 0 Å². The maximum absolute atomic E-state index is 12.9. The first-order valence-electron chi connectivity index (χ1n) is 27.4. The van der Waals surface area contributed by atoms with Crippen LogP contribution in [0.4, 0.5) is 0 Å². The van der Waals surface area contributed by atoms with Gasteiger partial charge in [0, 0.05) is 19.3 Å². The molecule has 72 heavy (non-hydrogen) atoms. The van der Waals surface area contributed by atoms with Gasteiger partial charge in [0.05, 0.1) is 19.8 Å². The lowest BCUT2D eigenvalue weighted by Crippen LogP contribution is -2.30. The standard InChI is InChI=1S/C60H97O11P/c1-4-7-10-13-16-19-22-24-26-28-30-32-35-37-40-43-46-49-58(62)67-53-57(71-60(64)51-48-45-42-39-36-33-31-29-27-25-23-20-17-14-11-8-5-2)55-69-72(65,66)68-54-56(52-61)70-59(63)50-47-44-41-38-34-21-18-15-12-9-6-3/h7-8,10-11,16-17,19-20,24-27,30-33,37,39-40,42,56-57,61H,4-6,9,12-15,18,21-23,28-29,34-36,38,41,43-55H2,1-3H3,(H,65,66)/b10-7-,11-8-,19-16-,20-17-,26-24-,27-25-,32-30-,33-31-,40-37-,42-39-. The van der Waals surface area contributed by atoms with Gasteiger partial charge in [-0.15, -0.1) is 0 Å². The minimum absolute atomic E-state index is 0.0715. The van der Waals surface area contributed by atoms with Crippen molar-refractivity contribution in [3.05, 3.63) is 122 Å². The molecule has 408 valence electrons. The quantitative estimate of drug-likeness (QED) is 0.0197. The van der Waals surface area contributed by atoms with Crippen LogP contribution in [0.3, 0.4) is 0 Å². The fourth-order valence-electron chi connectivity index (χ4n) is 6.78. The van der Waals surface area contributed by atoms with E-state index in [-0.39, 0.29) is 19.3 Å². The predicted octanol–water partition coefficient (Wildman–Crippen LogP) is 16.0. The third-order valence-electron chi connectivity index (χ3n) is 10.9. The van der Waals surface area contributed by atoms with Crippen LogP contribution in [0.5, 0.6) is 0 Å². The molecular formula is C60H97O11P. The molecule has 0 rings (SSSR count). The van der Waals surface area contributed by atoms with Gasteiger partial charge in [-0.1, -0.05) is 206 Å². The summed E-state index contributed by atoms with van der Waals surface area (Å²) in [4.78, 5) is 48.4. The highest BCUT2D eigenvalue weighted by atomic mass is 31.2. The van der Waals surface area contributed by atoms with E-state index in [1.807, 2.05) is 18.2 Å². The SMILES string of the molecule is CC/C=C\C/C=C\C/C=C\C/C=C\C/C=C\CCCC(=O)OCC(COP(=O)(O)OCC(CO)OC(=O)CCCCCCCCCCCCC)OC(=O)CCC/C=C\C/C=C\C/C=C\C/C=C\C/C=C\CC. The number of carbonyl (C=O) groups excluding carboxylic acids is 3. The molecule has 0 aliphatic heterocycles. The molecule has 12 heteroatoms. The predicted molar refractivity (Wildman–Crippen MR) is 297 cm³/mol. The summed E-state index contributed by atoms with van der Waals surface area (Å²) in [5, 5.41) is 9.78. The number of esters is 3. The molecule has 0 saturated carbocycles. The second kappa shape index (κ2) is 53.2. The van der Waals surface area contributed by atoms with Gasteiger partial charge in [-0.3, -0.25) is 23.4 Å². The number of hydrogen-bond donors (Lipinski definition) is 2. The smallest absolute Gasteiger partial charge is 0.462 e. The third kappa shape index (κ3) is 50.8. The number of phosphoric ester groups is 1. The summed E-state index contributed by atoms with van der Waals surface area (Å²) in [5.41, 5.74) is 0. The van der Waals surface area contributed by atoms with Gasteiger partial charge >= 0.3 is 25.7 Å². The molecule has 0 radical (unpaired) electrons. The van der Waals surface area contributed by atoms with E-state index >= 15 is 0 Å². The van der Waals surface area contributed by atoms with Crippen molar-refractivity contribution in [2.24, 2.45) is 0 Å². The molecule has 0 amide bonds. The maximum Gasteiger partial charge on any atom is 0.472 e. The fourth-order valence-corrected chi connectivity index (χ4v) is 7.56. The van der Waals surface area contributed by atoms with E-state index in [4.69, 9.17) is 23.3 Å². The Bertz CT molecular complexity index is 1670. The Morgan fingerprint density at radius 3 is 1.11 bits per heavy atom. The van der Waals surface area contributed by atoms with Crippen molar-refractivity contribution in [1.29, 1.82) is 0 Å². The molecule has 0 heterocycles. The van der Waals surface area contributed by atoms with E-state index in [0.29, 0.717) is 32.1 Å². The van der Waals surface area contributed by atoms with Crippen LogP contribution < -0.4 is 0 Å². The fraction of sp³-hybridized carbons (Fsp3) is 0.617. The molecular weight excluding hydrogens is 928 g/mol. The lowest BCUT2D eigenvalue weighted by atomic mass is 10.1. The molecule has 3 unspecified atom stereocenters. The van der Waals surface area contributed by atoms with Gasteiger partial charge < -0.3 is 24.2 Å². The molecule has 0 aromatic heterocycles. The molecule has 2 N–H and O–H groups in total. The molecule has 0 fully saturated rings. The normalized spacial score (nSPS) is 14.3. The second-order valence-corrected chi connectivity index (χ2v) is 19.1. The van der Waals surface area contributed by atoms with Crippen LogP contribution in [0.15, 0.2) is 122 Å². The zero-order valence-corrected chi connectivity index (χ0v) is 45.7. The number of ether oxygens (including phenoxy) is 3. The molecule has 0 aromatic rings. The molecule has 0 aliphatic carbocycles. The Kier molecular flexibility index (Phi) is 50.1. The number of aliphatic hydroxyl groups is 1. The Balaban J connectivity index is 4.93. The zero-order chi connectivity index (χ0) is 52.7. The monoisotopic (exact) mass is 1020 g/mol.